The lowest BCUT2D eigenvalue weighted by atomic mass is 9.93. The normalized spacial score (nSPS) is 20.3. The molecule has 178 valence electrons. The van der Waals surface area contributed by atoms with Gasteiger partial charge in [0.25, 0.3) is 0 Å². The second-order valence-electron chi connectivity index (χ2n) is 9.16. The van der Waals surface area contributed by atoms with Gasteiger partial charge in [0, 0.05) is 36.0 Å². The van der Waals surface area contributed by atoms with Crippen molar-refractivity contribution in [2.45, 2.75) is 32.2 Å². The summed E-state index contributed by atoms with van der Waals surface area (Å²) in [5.74, 6) is 1.01. The smallest absolute Gasteiger partial charge is 0.182 e. The van der Waals surface area contributed by atoms with Gasteiger partial charge in [-0.15, -0.1) is 0 Å². The van der Waals surface area contributed by atoms with E-state index in [1.165, 1.54) is 11.4 Å². The van der Waals surface area contributed by atoms with Crippen molar-refractivity contribution in [1.82, 2.24) is 19.6 Å². The Bertz CT molecular complexity index is 1390. The number of rotatable bonds is 5. The van der Waals surface area contributed by atoms with Gasteiger partial charge in [0.2, 0.25) is 0 Å². The minimum absolute atomic E-state index is 0.0716. The summed E-state index contributed by atoms with van der Waals surface area (Å²) >= 11 is 0. The van der Waals surface area contributed by atoms with Crippen LogP contribution in [0.5, 0.6) is 0 Å². The van der Waals surface area contributed by atoms with E-state index in [0.717, 1.165) is 35.2 Å². The molecule has 2 atom stereocenters. The summed E-state index contributed by atoms with van der Waals surface area (Å²) < 4.78 is 6.79. The predicted octanol–water partition coefficient (Wildman–Crippen LogP) is 3.18. The fourth-order valence-electron chi connectivity index (χ4n) is 5.01. The van der Waals surface area contributed by atoms with Gasteiger partial charge >= 0.3 is 0 Å². The Morgan fingerprint density at radius 3 is 2.46 bits per heavy atom. The number of hydrogen-bond donors (Lipinski definition) is 2. The summed E-state index contributed by atoms with van der Waals surface area (Å²) in [6, 6.07) is 14.0. The number of benzene rings is 1. The average molecular weight is 471 g/mol. The quantitative estimate of drug-likeness (QED) is 0.337. The van der Waals surface area contributed by atoms with Crippen molar-refractivity contribution in [2.24, 2.45) is 5.92 Å². The second-order valence-corrected chi connectivity index (χ2v) is 9.16. The Hall–Kier alpha value is -3.82. The lowest BCUT2D eigenvalue weighted by Gasteiger charge is -2.33. The number of aliphatic hydroxyl groups is 1. The standard InChI is InChI=1S/C26H26N6O3/c1-15(33)21-23(27)32-24(30-25(21)31-11-9-17(10-12-31)22-26(34)35-22)19(14-29-32)18-7-8-20(28-13-18)16-5-3-2-4-6-16/h2-8,13-14,17,22,26,34H,9-12,27H2,1H3. The van der Waals surface area contributed by atoms with Gasteiger partial charge in [0.1, 0.15) is 23.3 Å². The highest BCUT2D eigenvalue weighted by Gasteiger charge is 2.44. The van der Waals surface area contributed by atoms with Crippen LogP contribution >= 0.6 is 0 Å². The molecule has 1 aromatic carbocycles. The van der Waals surface area contributed by atoms with Gasteiger partial charge in [-0.2, -0.15) is 9.61 Å². The highest BCUT2D eigenvalue weighted by atomic mass is 16.7. The number of pyridine rings is 1. The SMILES string of the molecule is CC(=O)c1c(N2CCC(C3OC3O)CC2)nc2c(-c3ccc(-c4ccccc4)nc3)cnn2c1N. The number of ether oxygens (including phenoxy) is 1. The Balaban J connectivity index is 1.37. The molecule has 2 unspecified atom stereocenters. The number of nitrogens with zero attached hydrogens (tertiary/aromatic N) is 5. The fourth-order valence-corrected chi connectivity index (χ4v) is 5.01. The Kier molecular flexibility index (Phi) is 5.23. The predicted molar refractivity (Wildman–Crippen MR) is 132 cm³/mol. The fraction of sp³-hybridized carbons (Fsp3) is 0.308. The van der Waals surface area contributed by atoms with Crippen LogP contribution in [0.3, 0.4) is 0 Å². The molecule has 0 amide bonds. The molecule has 5 heterocycles. The Labute approximate surface area is 202 Å². The minimum Gasteiger partial charge on any atom is -0.383 e. The lowest BCUT2D eigenvalue weighted by Crippen LogP contribution is -2.37. The molecule has 9 nitrogen and oxygen atoms in total. The summed E-state index contributed by atoms with van der Waals surface area (Å²) in [5.41, 5.74) is 11.0. The maximum Gasteiger partial charge on any atom is 0.182 e. The summed E-state index contributed by atoms with van der Waals surface area (Å²) in [5, 5.41) is 14.0. The minimum atomic E-state index is -0.638. The molecule has 0 aliphatic carbocycles. The molecule has 0 radical (unpaired) electrons. The number of epoxide rings is 1. The third kappa shape index (κ3) is 3.82. The van der Waals surface area contributed by atoms with Crippen LogP contribution in [0.1, 0.15) is 30.1 Å². The van der Waals surface area contributed by atoms with Gasteiger partial charge in [-0.1, -0.05) is 36.4 Å². The van der Waals surface area contributed by atoms with Gasteiger partial charge in [0.05, 0.1) is 11.9 Å². The maximum atomic E-state index is 12.6. The number of Topliss-reactive ketones (excluding diaryl/α,β-unsaturated/α-hetero) is 1. The average Bonchev–Trinajstić information content (AvgIpc) is 3.46. The number of ketones is 1. The largest absolute Gasteiger partial charge is 0.383 e. The van der Waals surface area contributed by atoms with E-state index >= 15 is 0 Å². The number of nitrogens with two attached hydrogens (primary N) is 1. The van der Waals surface area contributed by atoms with E-state index in [4.69, 9.17) is 15.5 Å². The summed E-state index contributed by atoms with van der Waals surface area (Å²) in [6.45, 7) is 2.91. The number of aliphatic hydroxyl groups excluding tert-OH is 1. The highest BCUT2D eigenvalue weighted by molar-refractivity contribution is 6.04. The summed E-state index contributed by atoms with van der Waals surface area (Å²) in [4.78, 5) is 24.3. The molecule has 0 spiro atoms. The van der Waals surface area contributed by atoms with Crippen LogP contribution in [-0.2, 0) is 4.74 Å². The van der Waals surface area contributed by atoms with Crippen LogP contribution in [0.4, 0.5) is 11.6 Å². The van der Waals surface area contributed by atoms with E-state index in [0.29, 0.717) is 36.0 Å². The molecule has 2 saturated heterocycles. The van der Waals surface area contributed by atoms with Crippen LogP contribution in [0.25, 0.3) is 28.0 Å². The van der Waals surface area contributed by atoms with Gasteiger partial charge in [-0.05, 0) is 31.7 Å². The van der Waals surface area contributed by atoms with Crippen molar-refractivity contribution in [3.8, 4) is 22.4 Å². The van der Waals surface area contributed by atoms with E-state index in [1.54, 1.807) is 6.20 Å². The monoisotopic (exact) mass is 470 g/mol. The van der Waals surface area contributed by atoms with Crippen molar-refractivity contribution < 1.29 is 14.6 Å². The van der Waals surface area contributed by atoms with E-state index in [-0.39, 0.29) is 17.7 Å². The third-order valence-corrected chi connectivity index (χ3v) is 6.96. The molecular formula is C26H26N6O3. The van der Waals surface area contributed by atoms with Gasteiger partial charge in [-0.3, -0.25) is 9.78 Å². The molecule has 0 bridgehead atoms. The number of aromatic nitrogens is 4. The van der Waals surface area contributed by atoms with Gasteiger partial charge < -0.3 is 20.5 Å². The van der Waals surface area contributed by atoms with Gasteiger partial charge in [-0.25, -0.2) is 4.98 Å². The lowest BCUT2D eigenvalue weighted by molar-refractivity contribution is 0.101. The van der Waals surface area contributed by atoms with Crippen molar-refractivity contribution in [1.29, 1.82) is 0 Å². The van der Waals surface area contributed by atoms with Crippen molar-refractivity contribution in [3.63, 3.8) is 0 Å². The summed E-state index contributed by atoms with van der Waals surface area (Å²) in [7, 11) is 0. The molecule has 2 aliphatic rings. The zero-order chi connectivity index (χ0) is 24.1. The number of nitrogen functional groups attached to an aromatic ring is 1. The van der Waals surface area contributed by atoms with E-state index in [2.05, 4.69) is 15.0 Å². The number of piperidine rings is 1. The highest BCUT2D eigenvalue weighted by Crippen LogP contribution is 2.37. The first kappa shape index (κ1) is 21.7. The first-order valence-corrected chi connectivity index (χ1v) is 11.8. The Morgan fingerprint density at radius 2 is 1.83 bits per heavy atom. The molecule has 2 aliphatic heterocycles. The molecule has 3 aromatic heterocycles. The van der Waals surface area contributed by atoms with Crippen LogP contribution in [0.2, 0.25) is 0 Å². The number of fused-ring (bicyclic) bond motifs is 1. The summed E-state index contributed by atoms with van der Waals surface area (Å²) in [6.07, 6.45) is 4.51. The molecule has 2 fully saturated rings. The topological polar surface area (TPSA) is 122 Å². The third-order valence-electron chi connectivity index (χ3n) is 6.96. The van der Waals surface area contributed by atoms with Crippen molar-refractivity contribution in [3.05, 3.63) is 60.4 Å². The number of hydrogen-bond acceptors (Lipinski definition) is 8. The van der Waals surface area contributed by atoms with Gasteiger partial charge in [0.15, 0.2) is 17.7 Å². The van der Waals surface area contributed by atoms with Crippen molar-refractivity contribution >= 4 is 23.1 Å². The van der Waals surface area contributed by atoms with Crippen LogP contribution in [0, 0.1) is 5.92 Å². The molecule has 4 aromatic rings. The van der Waals surface area contributed by atoms with Crippen LogP contribution < -0.4 is 10.6 Å². The molecule has 6 rings (SSSR count). The molecule has 3 N–H and O–H groups in total. The first-order chi connectivity index (χ1) is 17.0. The van der Waals surface area contributed by atoms with E-state index in [9.17, 15) is 9.90 Å². The molecular weight excluding hydrogens is 444 g/mol. The van der Waals surface area contributed by atoms with E-state index < -0.39 is 6.29 Å². The molecule has 35 heavy (non-hydrogen) atoms. The number of carbonyl (C=O) groups excluding carboxylic acids is 1. The first-order valence-electron chi connectivity index (χ1n) is 11.8. The molecule has 9 heteroatoms. The maximum absolute atomic E-state index is 12.6. The van der Waals surface area contributed by atoms with Crippen molar-refractivity contribution in [2.75, 3.05) is 23.7 Å². The number of anilines is 2. The zero-order valence-electron chi connectivity index (χ0n) is 19.3. The second kappa shape index (κ2) is 8.44. The van der Waals surface area contributed by atoms with Crippen LogP contribution in [-0.4, -0.2) is 56.0 Å². The Morgan fingerprint density at radius 1 is 1.09 bits per heavy atom. The molecule has 0 saturated carbocycles. The zero-order valence-corrected chi connectivity index (χ0v) is 19.3. The van der Waals surface area contributed by atoms with E-state index in [1.807, 2.05) is 48.7 Å². The van der Waals surface area contributed by atoms with Crippen LogP contribution in [0.15, 0.2) is 54.9 Å². The number of carbonyl (C=O) groups is 1.